The van der Waals surface area contributed by atoms with Crippen molar-refractivity contribution in [2.45, 2.75) is 69.9 Å². The molecule has 1 atom stereocenters. The number of rotatable bonds is 4. The molecule has 1 aromatic carbocycles. The van der Waals surface area contributed by atoms with E-state index in [0.29, 0.717) is 31.5 Å². The van der Waals surface area contributed by atoms with Gasteiger partial charge in [0.25, 0.3) is 5.91 Å². The van der Waals surface area contributed by atoms with Gasteiger partial charge >= 0.3 is 0 Å². The third kappa shape index (κ3) is 3.91. The van der Waals surface area contributed by atoms with Crippen molar-refractivity contribution in [2.75, 3.05) is 18.0 Å². The van der Waals surface area contributed by atoms with Gasteiger partial charge in [-0.05, 0) is 50.3 Å². The Balaban J connectivity index is 1.46. The molecule has 4 rings (SSSR count). The van der Waals surface area contributed by atoms with Crippen LogP contribution in [0.3, 0.4) is 0 Å². The maximum atomic E-state index is 13.1. The van der Waals surface area contributed by atoms with Crippen LogP contribution in [0.5, 0.6) is 0 Å². The average molecular weight is 383 g/mol. The first-order valence-electron chi connectivity index (χ1n) is 10.7. The lowest BCUT2D eigenvalue weighted by atomic mass is 9.95. The summed E-state index contributed by atoms with van der Waals surface area (Å²) < 4.78 is 0. The van der Waals surface area contributed by atoms with Crippen LogP contribution in [0.2, 0.25) is 0 Å². The summed E-state index contributed by atoms with van der Waals surface area (Å²) in [6.07, 6.45) is 8.64. The predicted molar refractivity (Wildman–Crippen MR) is 107 cm³/mol. The lowest BCUT2D eigenvalue weighted by molar-refractivity contribution is -0.125. The standard InChI is InChI=1S/C22H29N3O3/c26-20-12-6-13-24(20)18-10-4-7-16(15-18)22(28)25-14-5-11-19(25)21(27)23-17-8-2-1-3-9-17/h4,7,10,15,17,19H,1-3,5-6,8-9,11-14H2,(H,23,27)/t19-/m1/s1. The number of amides is 3. The summed E-state index contributed by atoms with van der Waals surface area (Å²) in [6, 6.07) is 7.13. The van der Waals surface area contributed by atoms with Gasteiger partial charge in [-0.15, -0.1) is 0 Å². The molecular weight excluding hydrogens is 354 g/mol. The van der Waals surface area contributed by atoms with Gasteiger partial charge in [-0.2, -0.15) is 0 Å². The fraction of sp³-hybridized carbons (Fsp3) is 0.591. The topological polar surface area (TPSA) is 69.7 Å². The van der Waals surface area contributed by atoms with Gasteiger partial charge in [-0.1, -0.05) is 25.3 Å². The van der Waals surface area contributed by atoms with Crippen LogP contribution in [0.15, 0.2) is 24.3 Å². The molecule has 3 aliphatic rings. The SMILES string of the molecule is O=C(NC1CCCCC1)[C@H]1CCCN1C(=O)c1cccc(N2CCCC2=O)c1. The molecule has 0 spiro atoms. The van der Waals surface area contributed by atoms with E-state index in [9.17, 15) is 14.4 Å². The first-order valence-corrected chi connectivity index (χ1v) is 10.7. The molecule has 28 heavy (non-hydrogen) atoms. The lowest BCUT2D eigenvalue weighted by Crippen LogP contribution is -2.49. The van der Waals surface area contributed by atoms with Crippen LogP contribution >= 0.6 is 0 Å². The van der Waals surface area contributed by atoms with Crippen molar-refractivity contribution in [3.05, 3.63) is 29.8 Å². The molecule has 150 valence electrons. The molecule has 3 fully saturated rings. The zero-order chi connectivity index (χ0) is 19.5. The second kappa shape index (κ2) is 8.33. The number of benzene rings is 1. The van der Waals surface area contributed by atoms with Crippen LogP contribution in [-0.4, -0.2) is 47.8 Å². The smallest absolute Gasteiger partial charge is 0.254 e. The Bertz CT molecular complexity index is 757. The first kappa shape index (κ1) is 19.0. The minimum atomic E-state index is -0.383. The average Bonchev–Trinajstić information content (AvgIpc) is 3.37. The number of carbonyl (C=O) groups is 3. The van der Waals surface area contributed by atoms with Crippen LogP contribution < -0.4 is 10.2 Å². The number of carbonyl (C=O) groups excluding carboxylic acids is 3. The van der Waals surface area contributed by atoms with E-state index in [1.54, 1.807) is 21.9 Å². The Morgan fingerprint density at radius 1 is 0.964 bits per heavy atom. The van der Waals surface area contributed by atoms with E-state index in [2.05, 4.69) is 5.32 Å². The van der Waals surface area contributed by atoms with Crippen LogP contribution in [0.1, 0.15) is 68.1 Å². The van der Waals surface area contributed by atoms with E-state index in [0.717, 1.165) is 31.4 Å². The Labute approximate surface area is 166 Å². The third-order valence-corrected chi connectivity index (χ3v) is 6.25. The molecule has 6 nitrogen and oxygen atoms in total. The van der Waals surface area contributed by atoms with Crippen molar-refractivity contribution in [1.82, 2.24) is 10.2 Å². The maximum absolute atomic E-state index is 13.1. The van der Waals surface area contributed by atoms with Gasteiger partial charge in [0.05, 0.1) is 0 Å². The van der Waals surface area contributed by atoms with E-state index in [-0.39, 0.29) is 29.8 Å². The minimum absolute atomic E-state index is 0.0105. The second-order valence-corrected chi connectivity index (χ2v) is 8.20. The minimum Gasteiger partial charge on any atom is -0.352 e. The highest BCUT2D eigenvalue weighted by molar-refractivity contribution is 6.00. The number of likely N-dealkylation sites (tertiary alicyclic amines) is 1. The lowest BCUT2D eigenvalue weighted by Gasteiger charge is -2.28. The van der Waals surface area contributed by atoms with Crippen molar-refractivity contribution in [3.63, 3.8) is 0 Å². The fourth-order valence-electron chi connectivity index (χ4n) is 4.72. The molecule has 0 unspecified atom stereocenters. The molecule has 1 aliphatic carbocycles. The van der Waals surface area contributed by atoms with Gasteiger partial charge in [-0.3, -0.25) is 14.4 Å². The molecule has 0 bridgehead atoms. The third-order valence-electron chi connectivity index (χ3n) is 6.25. The van der Waals surface area contributed by atoms with Gasteiger partial charge in [0.1, 0.15) is 6.04 Å². The molecular formula is C22H29N3O3. The van der Waals surface area contributed by atoms with Crippen molar-refractivity contribution in [1.29, 1.82) is 0 Å². The Kier molecular flexibility index (Phi) is 5.64. The molecule has 1 aromatic rings. The highest BCUT2D eigenvalue weighted by Crippen LogP contribution is 2.26. The molecule has 1 saturated carbocycles. The highest BCUT2D eigenvalue weighted by atomic mass is 16.2. The molecule has 0 radical (unpaired) electrons. The number of hydrogen-bond donors (Lipinski definition) is 1. The summed E-state index contributed by atoms with van der Waals surface area (Å²) in [7, 11) is 0. The molecule has 6 heteroatoms. The molecule has 2 aliphatic heterocycles. The van der Waals surface area contributed by atoms with Crippen LogP contribution in [0.4, 0.5) is 5.69 Å². The van der Waals surface area contributed by atoms with Crippen LogP contribution in [0, 0.1) is 0 Å². The number of nitrogens with zero attached hydrogens (tertiary/aromatic N) is 2. The van der Waals surface area contributed by atoms with Crippen LogP contribution in [0.25, 0.3) is 0 Å². The maximum Gasteiger partial charge on any atom is 0.254 e. The van der Waals surface area contributed by atoms with Crippen molar-refractivity contribution in [3.8, 4) is 0 Å². The van der Waals surface area contributed by atoms with Gasteiger partial charge in [0, 0.05) is 36.8 Å². The summed E-state index contributed by atoms with van der Waals surface area (Å²) in [4.78, 5) is 41.4. The van der Waals surface area contributed by atoms with Gasteiger partial charge < -0.3 is 15.1 Å². The molecule has 0 aromatic heterocycles. The summed E-state index contributed by atoms with van der Waals surface area (Å²) >= 11 is 0. The number of hydrogen-bond acceptors (Lipinski definition) is 3. The largest absolute Gasteiger partial charge is 0.352 e. The van der Waals surface area contributed by atoms with Crippen LogP contribution in [-0.2, 0) is 9.59 Å². The van der Waals surface area contributed by atoms with Gasteiger partial charge in [-0.25, -0.2) is 0 Å². The number of nitrogens with one attached hydrogen (secondary N) is 1. The summed E-state index contributed by atoms with van der Waals surface area (Å²) in [6.45, 7) is 1.31. The molecule has 2 saturated heterocycles. The van der Waals surface area contributed by atoms with E-state index >= 15 is 0 Å². The zero-order valence-electron chi connectivity index (χ0n) is 16.4. The Hall–Kier alpha value is -2.37. The fourth-order valence-corrected chi connectivity index (χ4v) is 4.72. The highest BCUT2D eigenvalue weighted by Gasteiger charge is 2.35. The first-order chi connectivity index (χ1) is 13.6. The predicted octanol–water partition coefficient (Wildman–Crippen LogP) is 2.87. The van der Waals surface area contributed by atoms with Gasteiger partial charge in [0.15, 0.2) is 0 Å². The van der Waals surface area contributed by atoms with Crippen molar-refractivity contribution < 1.29 is 14.4 Å². The van der Waals surface area contributed by atoms with E-state index in [1.165, 1.54) is 19.3 Å². The van der Waals surface area contributed by atoms with Crippen molar-refractivity contribution in [2.24, 2.45) is 0 Å². The summed E-state index contributed by atoms with van der Waals surface area (Å²) in [5.74, 6) is -0.0195. The molecule has 1 N–H and O–H groups in total. The second-order valence-electron chi connectivity index (χ2n) is 8.20. The van der Waals surface area contributed by atoms with E-state index in [1.807, 2.05) is 12.1 Å². The zero-order valence-corrected chi connectivity index (χ0v) is 16.4. The van der Waals surface area contributed by atoms with E-state index in [4.69, 9.17) is 0 Å². The van der Waals surface area contributed by atoms with Crippen molar-refractivity contribution >= 4 is 23.4 Å². The quantitative estimate of drug-likeness (QED) is 0.869. The number of anilines is 1. The van der Waals surface area contributed by atoms with E-state index < -0.39 is 0 Å². The monoisotopic (exact) mass is 383 g/mol. The Morgan fingerprint density at radius 3 is 2.54 bits per heavy atom. The molecule has 2 heterocycles. The summed E-state index contributed by atoms with van der Waals surface area (Å²) in [5, 5.41) is 3.17. The molecule has 3 amide bonds. The summed E-state index contributed by atoms with van der Waals surface area (Å²) in [5.41, 5.74) is 1.32. The Morgan fingerprint density at radius 2 is 1.79 bits per heavy atom. The van der Waals surface area contributed by atoms with Gasteiger partial charge in [0.2, 0.25) is 11.8 Å². The normalized spacial score (nSPS) is 23.3.